The molecule has 256 valence electrons. The van der Waals surface area contributed by atoms with Gasteiger partial charge in [0, 0.05) is 12.8 Å². The molecule has 0 heterocycles. The summed E-state index contributed by atoms with van der Waals surface area (Å²) in [5.41, 5.74) is 0. The Labute approximate surface area is 266 Å². The summed E-state index contributed by atoms with van der Waals surface area (Å²) in [5.74, 6) is -0.518. The summed E-state index contributed by atoms with van der Waals surface area (Å²) in [6.45, 7) is 4.72. The number of rotatable bonds is 35. The lowest BCUT2D eigenvalue weighted by Gasteiger charge is -2.18. The van der Waals surface area contributed by atoms with Gasteiger partial charge in [0.2, 0.25) is 0 Å². The lowest BCUT2D eigenvalue weighted by Crippen LogP contribution is -2.30. The van der Waals surface area contributed by atoms with Crippen LogP contribution in [0.2, 0.25) is 0 Å². The number of hydrogen-bond acceptors (Lipinski definition) is 6. The fraction of sp³-hybridized carbons (Fsp3) is 0.946. The zero-order chi connectivity index (χ0) is 31.5. The van der Waals surface area contributed by atoms with Crippen LogP contribution < -0.4 is 0 Å². The lowest BCUT2D eigenvalue weighted by molar-refractivity contribution is -0.163. The highest BCUT2D eigenvalue weighted by Crippen LogP contribution is 2.15. The molecule has 0 aromatic carbocycles. The number of ether oxygens (including phenoxy) is 3. The van der Waals surface area contributed by atoms with Crippen LogP contribution in [0.4, 0.5) is 0 Å². The van der Waals surface area contributed by atoms with Gasteiger partial charge in [0.05, 0.1) is 19.8 Å². The fourth-order valence-corrected chi connectivity index (χ4v) is 5.47. The van der Waals surface area contributed by atoms with Gasteiger partial charge < -0.3 is 19.3 Å². The molecule has 0 aromatic rings. The van der Waals surface area contributed by atoms with E-state index in [-0.39, 0.29) is 38.4 Å². The van der Waals surface area contributed by atoms with E-state index < -0.39 is 6.10 Å². The molecule has 43 heavy (non-hydrogen) atoms. The number of aliphatic hydroxyl groups is 1. The van der Waals surface area contributed by atoms with E-state index >= 15 is 0 Å². The Balaban J connectivity index is 3.81. The van der Waals surface area contributed by atoms with Crippen LogP contribution in [0.3, 0.4) is 0 Å². The molecule has 0 aliphatic carbocycles. The van der Waals surface area contributed by atoms with Gasteiger partial charge in [0.1, 0.15) is 6.61 Å². The molecular weight excluding hydrogens is 540 g/mol. The van der Waals surface area contributed by atoms with Gasteiger partial charge in [-0.25, -0.2) is 0 Å². The summed E-state index contributed by atoms with van der Waals surface area (Å²) < 4.78 is 16.3. The molecule has 0 aliphatic heterocycles. The number of hydrogen-bond donors (Lipinski definition) is 1. The minimum Gasteiger partial charge on any atom is -0.462 e. The second kappa shape index (κ2) is 35.3. The molecule has 0 radical (unpaired) electrons. The van der Waals surface area contributed by atoms with Crippen LogP contribution in [0.15, 0.2) is 0 Å². The van der Waals surface area contributed by atoms with Gasteiger partial charge in [-0.3, -0.25) is 9.59 Å². The monoisotopic (exact) mass is 613 g/mol. The third-order valence-corrected chi connectivity index (χ3v) is 8.24. The van der Waals surface area contributed by atoms with Gasteiger partial charge in [-0.2, -0.15) is 0 Å². The highest BCUT2D eigenvalue weighted by Gasteiger charge is 2.17. The molecule has 0 saturated carbocycles. The number of carbonyl (C=O) groups excluding carboxylic acids is 2. The first-order valence-corrected chi connectivity index (χ1v) is 18.7. The van der Waals surface area contributed by atoms with E-state index in [9.17, 15) is 9.59 Å². The number of aliphatic hydroxyl groups excluding tert-OH is 1. The van der Waals surface area contributed by atoms with Crippen molar-refractivity contribution in [1.29, 1.82) is 0 Å². The van der Waals surface area contributed by atoms with Crippen molar-refractivity contribution in [3.63, 3.8) is 0 Å². The van der Waals surface area contributed by atoms with Crippen molar-refractivity contribution >= 4 is 11.9 Å². The number of esters is 2. The quantitative estimate of drug-likeness (QED) is 0.0566. The third kappa shape index (κ3) is 33.6. The van der Waals surface area contributed by atoms with E-state index in [1.54, 1.807) is 0 Å². The Kier molecular flexibility index (Phi) is 34.4. The second-order valence-corrected chi connectivity index (χ2v) is 12.6. The lowest BCUT2D eigenvalue weighted by atomic mass is 10.0. The van der Waals surface area contributed by atoms with E-state index in [1.807, 2.05) is 0 Å². The van der Waals surface area contributed by atoms with Crippen LogP contribution in [0, 0.1) is 0 Å². The van der Waals surface area contributed by atoms with Crippen LogP contribution in [-0.4, -0.2) is 49.6 Å². The van der Waals surface area contributed by atoms with E-state index in [1.165, 1.54) is 128 Å². The van der Waals surface area contributed by atoms with Crippen LogP contribution >= 0.6 is 0 Å². The van der Waals surface area contributed by atoms with Crippen LogP contribution in [-0.2, 0) is 23.8 Å². The summed E-state index contributed by atoms with van der Waals surface area (Å²) in [6.07, 6.45) is 33.0. The Morgan fingerprint density at radius 2 is 0.837 bits per heavy atom. The maximum atomic E-state index is 12.4. The van der Waals surface area contributed by atoms with Crippen molar-refractivity contribution in [2.45, 2.75) is 200 Å². The molecule has 0 spiro atoms. The van der Waals surface area contributed by atoms with Crippen LogP contribution in [0.5, 0.6) is 0 Å². The first-order valence-electron chi connectivity index (χ1n) is 18.7. The van der Waals surface area contributed by atoms with Crippen molar-refractivity contribution in [2.75, 3.05) is 26.4 Å². The molecule has 6 nitrogen and oxygen atoms in total. The van der Waals surface area contributed by atoms with E-state index in [0.29, 0.717) is 12.8 Å². The molecule has 1 unspecified atom stereocenters. The molecular formula is C37H72O6. The minimum atomic E-state index is -0.628. The smallest absolute Gasteiger partial charge is 0.306 e. The van der Waals surface area contributed by atoms with Crippen molar-refractivity contribution < 1.29 is 28.9 Å². The molecule has 0 fully saturated rings. The third-order valence-electron chi connectivity index (χ3n) is 8.24. The Morgan fingerprint density at radius 3 is 1.21 bits per heavy atom. The summed E-state index contributed by atoms with van der Waals surface area (Å²) in [5, 5.41) is 9.00. The molecule has 0 bridgehead atoms. The van der Waals surface area contributed by atoms with Crippen LogP contribution in [0.1, 0.15) is 194 Å². The summed E-state index contributed by atoms with van der Waals surface area (Å²) in [7, 11) is 0. The molecule has 0 amide bonds. The molecule has 6 heteroatoms. The summed E-state index contributed by atoms with van der Waals surface area (Å²) in [6, 6.07) is 0. The van der Waals surface area contributed by atoms with E-state index in [0.717, 1.165) is 38.5 Å². The average molecular weight is 613 g/mol. The van der Waals surface area contributed by atoms with Crippen molar-refractivity contribution in [2.24, 2.45) is 0 Å². The molecule has 0 rings (SSSR count). The first kappa shape index (κ1) is 41.9. The standard InChI is InChI=1S/C37H72O6/c1-3-5-7-9-11-13-15-17-19-21-23-25-27-29-36(39)42-34-35(33-41-32-31-38)43-37(40)30-28-26-24-22-20-18-16-14-12-10-8-6-4-2/h35,38H,3-34H2,1-2H3. The van der Waals surface area contributed by atoms with Gasteiger partial charge in [-0.1, -0.05) is 168 Å². The Bertz CT molecular complexity index is 581. The van der Waals surface area contributed by atoms with E-state index in [2.05, 4.69) is 13.8 Å². The van der Waals surface area contributed by atoms with Gasteiger partial charge in [0.25, 0.3) is 0 Å². The predicted octanol–water partition coefficient (Wildman–Crippen LogP) is 10.4. The summed E-state index contributed by atoms with van der Waals surface area (Å²) >= 11 is 0. The van der Waals surface area contributed by atoms with Gasteiger partial charge in [0.15, 0.2) is 6.10 Å². The maximum absolute atomic E-state index is 12.4. The second-order valence-electron chi connectivity index (χ2n) is 12.6. The topological polar surface area (TPSA) is 82.1 Å². The van der Waals surface area contributed by atoms with Gasteiger partial charge in [-0.05, 0) is 12.8 Å². The molecule has 1 atom stereocenters. The van der Waals surface area contributed by atoms with Crippen molar-refractivity contribution in [3.8, 4) is 0 Å². The van der Waals surface area contributed by atoms with Crippen LogP contribution in [0.25, 0.3) is 0 Å². The van der Waals surface area contributed by atoms with E-state index in [4.69, 9.17) is 19.3 Å². The van der Waals surface area contributed by atoms with Crippen molar-refractivity contribution in [3.05, 3.63) is 0 Å². The zero-order valence-electron chi connectivity index (χ0n) is 28.7. The highest BCUT2D eigenvalue weighted by atomic mass is 16.6. The number of unbranched alkanes of at least 4 members (excludes halogenated alkanes) is 24. The minimum absolute atomic E-state index is 0.00699. The normalized spacial score (nSPS) is 12.0. The van der Waals surface area contributed by atoms with Crippen molar-refractivity contribution in [1.82, 2.24) is 0 Å². The molecule has 1 N–H and O–H groups in total. The fourth-order valence-electron chi connectivity index (χ4n) is 5.47. The molecule has 0 saturated heterocycles. The number of carbonyl (C=O) groups is 2. The maximum Gasteiger partial charge on any atom is 0.306 e. The first-order chi connectivity index (χ1) is 21.1. The Morgan fingerprint density at radius 1 is 0.488 bits per heavy atom. The predicted molar refractivity (Wildman–Crippen MR) is 179 cm³/mol. The zero-order valence-corrected chi connectivity index (χ0v) is 28.7. The SMILES string of the molecule is CCCCCCCCCCCCCCCC(=O)OCC(COCCO)OC(=O)CCCCCCCCCCCCCCC. The average Bonchev–Trinajstić information content (AvgIpc) is 3.00. The van der Waals surface area contributed by atoms with Gasteiger partial charge >= 0.3 is 11.9 Å². The molecule has 0 aromatic heterocycles. The largest absolute Gasteiger partial charge is 0.462 e. The highest BCUT2D eigenvalue weighted by molar-refractivity contribution is 5.70. The van der Waals surface area contributed by atoms with Gasteiger partial charge in [-0.15, -0.1) is 0 Å². The Hall–Kier alpha value is -1.14. The summed E-state index contributed by atoms with van der Waals surface area (Å²) in [4.78, 5) is 24.6. The molecule has 0 aliphatic rings.